The Hall–Kier alpha value is -0.0400. The molecule has 1 atom stereocenters. The maximum absolute atomic E-state index is 5.74. The minimum atomic E-state index is 0.552. The molecule has 1 unspecified atom stereocenters. The Morgan fingerprint density at radius 1 is 1.18 bits per heavy atom. The third-order valence-corrected chi connectivity index (χ3v) is 3.45. The van der Waals surface area contributed by atoms with Gasteiger partial charge in [0.2, 0.25) is 0 Å². The molecule has 0 N–H and O–H groups in total. The van der Waals surface area contributed by atoms with Gasteiger partial charge in [-0.3, -0.25) is 0 Å². The molecule has 0 aromatic rings. The number of rotatable bonds is 1. The molecule has 0 aromatic heterocycles. The average Bonchev–Trinajstić information content (AvgIpc) is 2.55. The van der Waals surface area contributed by atoms with E-state index in [1.165, 1.54) is 38.5 Å². The molecule has 0 amide bonds. The van der Waals surface area contributed by atoms with Crippen LogP contribution in [0.25, 0.3) is 0 Å². The third kappa shape index (κ3) is 1.31. The fourth-order valence-electron chi connectivity index (χ4n) is 2.63. The molecule has 1 heterocycles. The molecule has 2 aliphatic rings. The van der Waals surface area contributed by atoms with E-state index in [9.17, 15) is 0 Å². The molecule has 1 nitrogen and oxygen atoms in total. The van der Waals surface area contributed by atoms with Crippen LogP contribution >= 0.6 is 0 Å². The van der Waals surface area contributed by atoms with Gasteiger partial charge >= 0.3 is 0 Å². The first-order chi connectivity index (χ1) is 5.31. The fourth-order valence-corrected chi connectivity index (χ4v) is 2.63. The molecule has 1 aliphatic carbocycles. The Labute approximate surface area is 69.1 Å². The van der Waals surface area contributed by atoms with Crippen molar-refractivity contribution in [1.82, 2.24) is 0 Å². The molecule has 1 heteroatoms. The molecule has 11 heavy (non-hydrogen) atoms. The van der Waals surface area contributed by atoms with Gasteiger partial charge in [-0.15, -0.1) is 0 Å². The molecule has 0 radical (unpaired) electrons. The molecule has 0 spiro atoms. The molecule has 1 saturated carbocycles. The molecule has 2 rings (SSSR count). The van der Waals surface area contributed by atoms with E-state index >= 15 is 0 Å². The first-order valence-corrected chi connectivity index (χ1v) is 4.93. The number of ether oxygens (including phenoxy) is 1. The average molecular weight is 154 g/mol. The molecular weight excluding hydrogens is 136 g/mol. The van der Waals surface area contributed by atoms with Gasteiger partial charge in [0, 0.05) is 6.61 Å². The predicted molar refractivity (Wildman–Crippen MR) is 45.5 cm³/mol. The molecule has 1 aliphatic heterocycles. The quantitative estimate of drug-likeness (QED) is 0.564. The Bertz CT molecular complexity index is 130. The highest BCUT2D eigenvalue weighted by molar-refractivity contribution is 4.89. The van der Waals surface area contributed by atoms with E-state index in [0.29, 0.717) is 11.5 Å². The zero-order valence-corrected chi connectivity index (χ0v) is 7.44. The monoisotopic (exact) mass is 154 g/mol. The van der Waals surface area contributed by atoms with Crippen molar-refractivity contribution in [2.75, 3.05) is 6.61 Å². The van der Waals surface area contributed by atoms with Gasteiger partial charge in [0.25, 0.3) is 0 Å². The van der Waals surface area contributed by atoms with E-state index in [1.807, 2.05) is 0 Å². The standard InChI is InChI=1S/C10H18O/c1-10(6-2-3-7-10)9-5-4-8-11-9/h9H,2-8H2,1H3. The van der Waals surface area contributed by atoms with Gasteiger partial charge in [0.15, 0.2) is 0 Å². The van der Waals surface area contributed by atoms with Crippen LogP contribution < -0.4 is 0 Å². The van der Waals surface area contributed by atoms with Crippen molar-refractivity contribution in [3.05, 3.63) is 0 Å². The fraction of sp³-hybridized carbons (Fsp3) is 1.00. The summed E-state index contributed by atoms with van der Waals surface area (Å²) in [7, 11) is 0. The molecule has 64 valence electrons. The van der Waals surface area contributed by atoms with Crippen LogP contribution in [0.4, 0.5) is 0 Å². The lowest BCUT2D eigenvalue weighted by molar-refractivity contribution is 0.0125. The molecule has 1 saturated heterocycles. The second-order valence-corrected chi connectivity index (χ2v) is 4.36. The second-order valence-electron chi connectivity index (χ2n) is 4.36. The van der Waals surface area contributed by atoms with Crippen molar-refractivity contribution in [2.24, 2.45) is 5.41 Å². The topological polar surface area (TPSA) is 9.23 Å². The smallest absolute Gasteiger partial charge is 0.0629 e. The van der Waals surface area contributed by atoms with E-state index in [2.05, 4.69) is 6.92 Å². The lowest BCUT2D eigenvalue weighted by atomic mass is 9.81. The van der Waals surface area contributed by atoms with Crippen LogP contribution in [0.3, 0.4) is 0 Å². The van der Waals surface area contributed by atoms with Crippen molar-refractivity contribution < 1.29 is 4.74 Å². The van der Waals surface area contributed by atoms with Crippen molar-refractivity contribution in [3.63, 3.8) is 0 Å². The molecule has 0 bridgehead atoms. The Balaban J connectivity index is 2.00. The van der Waals surface area contributed by atoms with Crippen molar-refractivity contribution in [2.45, 2.75) is 51.6 Å². The van der Waals surface area contributed by atoms with Crippen LogP contribution in [0.1, 0.15) is 45.4 Å². The normalized spacial score (nSPS) is 36.3. The minimum absolute atomic E-state index is 0.552. The summed E-state index contributed by atoms with van der Waals surface area (Å²) in [5.41, 5.74) is 0.552. The summed E-state index contributed by atoms with van der Waals surface area (Å²) >= 11 is 0. The van der Waals surface area contributed by atoms with E-state index in [0.717, 1.165) is 6.61 Å². The largest absolute Gasteiger partial charge is 0.378 e. The minimum Gasteiger partial charge on any atom is -0.378 e. The Kier molecular flexibility index (Phi) is 1.92. The lowest BCUT2D eigenvalue weighted by Gasteiger charge is -2.29. The summed E-state index contributed by atoms with van der Waals surface area (Å²) in [5, 5.41) is 0. The van der Waals surface area contributed by atoms with E-state index in [1.54, 1.807) is 0 Å². The van der Waals surface area contributed by atoms with Crippen LogP contribution in [0.15, 0.2) is 0 Å². The molecule has 0 aromatic carbocycles. The van der Waals surface area contributed by atoms with Crippen molar-refractivity contribution in [1.29, 1.82) is 0 Å². The summed E-state index contributed by atoms with van der Waals surface area (Å²) in [6.07, 6.45) is 8.86. The summed E-state index contributed by atoms with van der Waals surface area (Å²) < 4.78 is 5.74. The lowest BCUT2D eigenvalue weighted by Crippen LogP contribution is -2.28. The first-order valence-electron chi connectivity index (χ1n) is 4.93. The maximum Gasteiger partial charge on any atom is 0.0629 e. The van der Waals surface area contributed by atoms with Crippen molar-refractivity contribution in [3.8, 4) is 0 Å². The van der Waals surface area contributed by atoms with Crippen LogP contribution in [0, 0.1) is 5.41 Å². The maximum atomic E-state index is 5.74. The van der Waals surface area contributed by atoms with Gasteiger partial charge in [-0.05, 0) is 31.1 Å². The van der Waals surface area contributed by atoms with Gasteiger partial charge in [0.1, 0.15) is 0 Å². The summed E-state index contributed by atoms with van der Waals surface area (Å²) in [5.74, 6) is 0. The number of hydrogen-bond donors (Lipinski definition) is 0. The third-order valence-electron chi connectivity index (χ3n) is 3.45. The molecular formula is C10H18O. The second kappa shape index (κ2) is 2.78. The van der Waals surface area contributed by atoms with E-state index < -0.39 is 0 Å². The predicted octanol–water partition coefficient (Wildman–Crippen LogP) is 2.75. The Morgan fingerprint density at radius 3 is 2.45 bits per heavy atom. The van der Waals surface area contributed by atoms with Crippen molar-refractivity contribution >= 4 is 0 Å². The zero-order valence-electron chi connectivity index (χ0n) is 7.44. The summed E-state index contributed by atoms with van der Waals surface area (Å²) in [6, 6.07) is 0. The van der Waals surface area contributed by atoms with Gasteiger partial charge in [-0.2, -0.15) is 0 Å². The van der Waals surface area contributed by atoms with Crippen LogP contribution in [0.2, 0.25) is 0 Å². The summed E-state index contributed by atoms with van der Waals surface area (Å²) in [6.45, 7) is 3.43. The van der Waals surface area contributed by atoms with E-state index in [4.69, 9.17) is 4.74 Å². The SMILES string of the molecule is CC1(C2CCCO2)CCCC1. The highest BCUT2D eigenvalue weighted by Gasteiger charge is 2.38. The van der Waals surface area contributed by atoms with Crippen LogP contribution in [0.5, 0.6) is 0 Å². The van der Waals surface area contributed by atoms with Gasteiger partial charge in [-0.1, -0.05) is 19.8 Å². The zero-order chi connectivity index (χ0) is 7.73. The Morgan fingerprint density at radius 2 is 1.91 bits per heavy atom. The van der Waals surface area contributed by atoms with Crippen LogP contribution in [-0.4, -0.2) is 12.7 Å². The number of hydrogen-bond acceptors (Lipinski definition) is 1. The summed E-state index contributed by atoms with van der Waals surface area (Å²) in [4.78, 5) is 0. The first kappa shape index (κ1) is 7.60. The highest BCUT2D eigenvalue weighted by atomic mass is 16.5. The highest BCUT2D eigenvalue weighted by Crippen LogP contribution is 2.44. The van der Waals surface area contributed by atoms with Gasteiger partial charge in [-0.25, -0.2) is 0 Å². The van der Waals surface area contributed by atoms with E-state index in [-0.39, 0.29) is 0 Å². The van der Waals surface area contributed by atoms with Crippen LogP contribution in [-0.2, 0) is 4.74 Å². The molecule has 2 fully saturated rings. The van der Waals surface area contributed by atoms with Gasteiger partial charge < -0.3 is 4.74 Å². The van der Waals surface area contributed by atoms with Gasteiger partial charge in [0.05, 0.1) is 6.10 Å².